The van der Waals surface area contributed by atoms with Crippen LogP contribution >= 0.6 is 0 Å². The van der Waals surface area contributed by atoms with E-state index in [2.05, 4.69) is 16.2 Å². The number of carbonyl (C=O) groups excluding carboxylic acids is 4. The normalized spacial score (nSPS) is 28.9. The van der Waals surface area contributed by atoms with Crippen molar-refractivity contribution in [3.8, 4) is 11.6 Å². The Morgan fingerprint density at radius 3 is 2.51 bits per heavy atom. The Bertz CT molecular complexity index is 2140. The van der Waals surface area contributed by atoms with Crippen LogP contribution in [0.25, 0.3) is 10.9 Å². The Labute approximate surface area is 372 Å². The van der Waals surface area contributed by atoms with Gasteiger partial charge in [-0.3, -0.25) is 24.1 Å². The smallest absolute Gasteiger partial charge is 0.306 e. The molecule has 15 nitrogen and oxygen atoms in total. The minimum Gasteiger partial charge on any atom is -0.491 e. The van der Waals surface area contributed by atoms with Crippen LogP contribution in [-0.2, 0) is 45.3 Å². The number of ether oxygens (including phenoxy) is 4. The van der Waals surface area contributed by atoms with E-state index in [1.54, 1.807) is 6.08 Å². The number of carbonyl (C=O) groups is 4. The number of amides is 2. The van der Waals surface area contributed by atoms with Crippen LogP contribution in [0.5, 0.6) is 11.6 Å². The number of morpholine rings is 1. The lowest BCUT2D eigenvalue weighted by Gasteiger charge is -2.35. The van der Waals surface area contributed by atoms with Gasteiger partial charge >= 0.3 is 16.2 Å². The second kappa shape index (κ2) is 19.5. The number of aromatic nitrogens is 1. The molecule has 0 spiro atoms. The molecule has 0 radical (unpaired) electrons. The molecule has 63 heavy (non-hydrogen) atoms. The quantitative estimate of drug-likeness (QED) is 0.230. The number of para-hydroxylation sites is 1. The Morgan fingerprint density at radius 2 is 1.79 bits per heavy atom. The summed E-state index contributed by atoms with van der Waals surface area (Å²) in [5, 5.41) is 0.880. The van der Waals surface area contributed by atoms with Crippen LogP contribution in [0.3, 0.4) is 0 Å². The number of Topliss-reactive ketones (excluding diaryl/α,β-unsaturated/α-hetero) is 1. The number of hydrogen-bond donors (Lipinski definition) is 1. The summed E-state index contributed by atoms with van der Waals surface area (Å²) in [6.07, 6.45) is 7.63. The van der Waals surface area contributed by atoms with Crippen LogP contribution in [0, 0.1) is 28.6 Å². The molecule has 2 amide bonds. The molecule has 5 aliphatic rings. The fourth-order valence-electron chi connectivity index (χ4n) is 10.0. The highest BCUT2D eigenvalue weighted by molar-refractivity contribution is 7.87. The molecule has 4 fully saturated rings. The molecule has 16 heteroatoms. The minimum absolute atomic E-state index is 0.0296. The Hall–Kier alpha value is -4.12. The van der Waals surface area contributed by atoms with Gasteiger partial charge in [0.1, 0.15) is 24.6 Å². The molecule has 2 bridgehead atoms. The van der Waals surface area contributed by atoms with Gasteiger partial charge < -0.3 is 23.8 Å². The highest BCUT2D eigenvalue weighted by Crippen LogP contribution is 2.57. The van der Waals surface area contributed by atoms with E-state index >= 15 is 4.79 Å². The number of nitrogens with zero attached hydrogens (tertiary/aromatic N) is 4. The first kappa shape index (κ1) is 46.9. The molecule has 2 saturated heterocycles. The zero-order valence-corrected chi connectivity index (χ0v) is 38.6. The number of nitrogens with one attached hydrogen (secondary N) is 1. The topological polar surface area (TPSA) is 174 Å². The lowest BCUT2D eigenvalue weighted by atomic mass is 9.77. The summed E-state index contributed by atoms with van der Waals surface area (Å²) in [6.45, 7) is 13.8. The summed E-state index contributed by atoms with van der Waals surface area (Å²) < 4.78 is 54.0. The van der Waals surface area contributed by atoms with Crippen LogP contribution < -0.4 is 14.2 Å². The highest BCUT2D eigenvalue weighted by Gasteiger charge is 2.61. The lowest BCUT2D eigenvalue weighted by molar-refractivity contribution is -0.158. The van der Waals surface area contributed by atoms with Crippen molar-refractivity contribution in [3.63, 3.8) is 0 Å². The van der Waals surface area contributed by atoms with Gasteiger partial charge in [-0.15, -0.1) is 6.58 Å². The summed E-state index contributed by atoms with van der Waals surface area (Å²) in [5.74, 6) is -1.90. The third-order valence-electron chi connectivity index (χ3n) is 14.0. The molecular formula is C47H67N5O10S. The average Bonchev–Trinajstić information content (AvgIpc) is 3.51. The van der Waals surface area contributed by atoms with Gasteiger partial charge in [0.2, 0.25) is 17.7 Å². The number of fused-ring (bicyclic) bond motifs is 5. The van der Waals surface area contributed by atoms with Crippen molar-refractivity contribution in [2.24, 2.45) is 28.6 Å². The van der Waals surface area contributed by atoms with Crippen LogP contribution in [0.2, 0.25) is 0 Å². The number of pyridine rings is 1. The van der Waals surface area contributed by atoms with E-state index in [-0.39, 0.29) is 50.2 Å². The molecule has 7 atom stereocenters. The first-order valence-corrected chi connectivity index (χ1v) is 24.4. The van der Waals surface area contributed by atoms with Crippen molar-refractivity contribution in [1.82, 2.24) is 23.8 Å². The third kappa shape index (κ3) is 10.7. The maximum absolute atomic E-state index is 15.0. The molecule has 7 rings (SSSR count). The predicted molar refractivity (Wildman–Crippen MR) is 237 cm³/mol. The monoisotopic (exact) mass is 893 g/mol. The van der Waals surface area contributed by atoms with Crippen molar-refractivity contribution >= 4 is 44.7 Å². The van der Waals surface area contributed by atoms with Crippen LogP contribution in [0.4, 0.5) is 0 Å². The molecule has 1 N–H and O–H groups in total. The van der Waals surface area contributed by atoms with Crippen molar-refractivity contribution in [2.75, 3.05) is 60.1 Å². The summed E-state index contributed by atoms with van der Waals surface area (Å²) in [5.41, 5.74) is -0.505. The molecule has 3 aliphatic heterocycles. The number of hydrogen-bond acceptors (Lipinski definition) is 12. The van der Waals surface area contributed by atoms with E-state index in [1.807, 2.05) is 45.0 Å². The van der Waals surface area contributed by atoms with Gasteiger partial charge in [0.15, 0.2) is 5.78 Å². The first-order chi connectivity index (χ1) is 30.0. The van der Waals surface area contributed by atoms with Crippen molar-refractivity contribution in [1.29, 1.82) is 0 Å². The van der Waals surface area contributed by atoms with E-state index < -0.39 is 62.7 Å². The van der Waals surface area contributed by atoms with E-state index in [0.717, 1.165) is 85.6 Å². The summed E-state index contributed by atoms with van der Waals surface area (Å²) >= 11 is 0. The number of allylic oxidation sites excluding steroid dienone is 1. The van der Waals surface area contributed by atoms with E-state index in [4.69, 9.17) is 23.9 Å². The van der Waals surface area contributed by atoms with Crippen LogP contribution in [-0.4, -0.2) is 129 Å². The summed E-state index contributed by atoms with van der Waals surface area (Å²) in [6, 6.07) is 6.80. The van der Waals surface area contributed by atoms with Gasteiger partial charge in [0.05, 0.1) is 54.6 Å². The Kier molecular flexibility index (Phi) is 14.5. The fraction of sp³-hybridized carbons (Fsp3) is 0.681. The van der Waals surface area contributed by atoms with E-state index in [0.29, 0.717) is 37.6 Å². The number of rotatable bonds is 11. The van der Waals surface area contributed by atoms with Gasteiger partial charge in [-0.1, -0.05) is 51.8 Å². The Balaban J connectivity index is 1.25. The fourth-order valence-corrected chi connectivity index (χ4v) is 10.6. The largest absolute Gasteiger partial charge is 0.491 e. The number of ketones is 1. The highest BCUT2D eigenvalue weighted by atomic mass is 32.2. The van der Waals surface area contributed by atoms with Crippen molar-refractivity contribution in [3.05, 3.63) is 42.5 Å². The van der Waals surface area contributed by atoms with Crippen molar-refractivity contribution < 1.29 is 46.5 Å². The lowest BCUT2D eigenvalue weighted by Crippen LogP contribution is -2.49. The van der Waals surface area contributed by atoms with Gasteiger partial charge in [0, 0.05) is 52.0 Å². The van der Waals surface area contributed by atoms with Crippen LogP contribution in [0.1, 0.15) is 97.0 Å². The van der Waals surface area contributed by atoms with Crippen LogP contribution in [0.15, 0.2) is 36.9 Å². The predicted octanol–water partition coefficient (Wildman–Crippen LogP) is 5.25. The maximum atomic E-state index is 15.0. The van der Waals surface area contributed by atoms with E-state index in [1.165, 1.54) is 19.0 Å². The zero-order valence-electron chi connectivity index (χ0n) is 37.8. The molecule has 2 saturated carbocycles. The van der Waals surface area contributed by atoms with Gasteiger partial charge in [0.25, 0.3) is 0 Å². The molecular weight excluding hydrogens is 827 g/mol. The second-order valence-electron chi connectivity index (χ2n) is 19.5. The Morgan fingerprint density at radius 1 is 1.05 bits per heavy atom. The summed E-state index contributed by atoms with van der Waals surface area (Å²) in [7, 11) is -1.53. The minimum atomic E-state index is -4.15. The van der Waals surface area contributed by atoms with E-state index in [9.17, 15) is 22.8 Å². The maximum Gasteiger partial charge on any atom is 0.306 e. The molecule has 0 unspecified atom stereocenters. The standard InChI is InChI=1S/C47H67N5O10S/c1-7-32-28-47(32,45(56)49-63(57,58)50(5)6)29-39(53)38-26-33-30-52(38)44(55)36(46(2,3)4)27-41(54)62-40-19-13-15-31(40)14-9-8-10-17-35-42(60-25-22-51-20-23-59-24-21-51)34-16-11-12-18-37(34)48-43(35)61-33/h7,11-12,16,18,31-33,36,38,40H,1,8-10,13-15,17,19-30H2,2-6H3,(H,49,56)/t31-,32-,33-,36-,38+,40-,47-/m1/s1. The number of benzene rings is 1. The number of esters is 1. The summed E-state index contributed by atoms with van der Waals surface area (Å²) in [4.78, 5) is 66.2. The molecule has 1 aromatic heterocycles. The SMILES string of the molecule is C=C[C@@H]1C[C@]1(CC(=O)[C@@H]1C[C@@H]2CN1C(=O)[C@H](C(C)(C)C)CC(=O)O[C@@H]1CCC[C@H]1CCCCCc1c(nc3ccccc3c1OCCN1CCOCC1)O2)C(=O)NS(=O)(=O)N(C)C. The zero-order chi connectivity index (χ0) is 45.1. The molecule has 2 aromatic rings. The van der Waals surface area contributed by atoms with Crippen molar-refractivity contribution in [2.45, 2.75) is 116 Å². The second-order valence-corrected chi connectivity index (χ2v) is 21.4. The van der Waals surface area contributed by atoms with Gasteiger partial charge in [-0.2, -0.15) is 12.7 Å². The first-order valence-electron chi connectivity index (χ1n) is 22.9. The molecule has 1 aromatic carbocycles. The molecule has 4 heterocycles. The van der Waals surface area contributed by atoms with Gasteiger partial charge in [-0.25, -0.2) is 9.71 Å². The third-order valence-corrected chi connectivity index (χ3v) is 15.4. The average molecular weight is 894 g/mol. The molecule has 346 valence electrons. The van der Waals surface area contributed by atoms with Gasteiger partial charge in [-0.05, 0) is 74.3 Å². The molecule has 2 aliphatic carbocycles.